The summed E-state index contributed by atoms with van der Waals surface area (Å²) >= 11 is 3.57. The van der Waals surface area contributed by atoms with Gasteiger partial charge in [0.2, 0.25) is 11.8 Å². The number of hydrogen-bond acceptors (Lipinski definition) is 8. The molecule has 3 aromatic carbocycles. The number of benzene rings is 3. The van der Waals surface area contributed by atoms with E-state index in [4.69, 9.17) is 4.74 Å². The van der Waals surface area contributed by atoms with Gasteiger partial charge in [0.15, 0.2) is 9.84 Å². The maximum absolute atomic E-state index is 14.3. The molecule has 0 radical (unpaired) electrons. The number of carbonyl (C=O) groups excluding carboxylic acids is 3. The molecule has 1 heterocycles. The maximum Gasteiger partial charge on any atom is 0.251 e. The van der Waals surface area contributed by atoms with Crippen molar-refractivity contribution in [3.63, 3.8) is 0 Å². The highest BCUT2D eigenvalue weighted by molar-refractivity contribution is 9.10. The number of nitrogens with zero attached hydrogens (tertiary/aromatic N) is 3. The molecular formula is C29H30BrN5O6S. The van der Waals surface area contributed by atoms with Crippen molar-refractivity contribution in [3.05, 3.63) is 64.1 Å². The van der Waals surface area contributed by atoms with Crippen LogP contribution in [0.1, 0.15) is 18.1 Å². The van der Waals surface area contributed by atoms with Crippen LogP contribution in [-0.2, 0) is 30.8 Å². The third-order valence-corrected chi connectivity index (χ3v) is 8.52. The summed E-state index contributed by atoms with van der Waals surface area (Å²) in [4.78, 5) is 43.2. The third-order valence-electron chi connectivity index (χ3n) is 7.06. The van der Waals surface area contributed by atoms with Gasteiger partial charge in [-0.05, 0) is 61.1 Å². The van der Waals surface area contributed by atoms with Crippen molar-refractivity contribution in [3.8, 4) is 11.8 Å². The fraction of sp³-hybridized carbons (Fsp3) is 0.310. The second kappa shape index (κ2) is 12.5. The van der Waals surface area contributed by atoms with Crippen LogP contribution in [0.3, 0.4) is 0 Å². The van der Waals surface area contributed by atoms with E-state index in [1.807, 2.05) is 30.3 Å². The summed E-state index contributed by atoms with van der Waals surface area (Å²) in [6.07, 6.45) is 0.936. The number of amides is 3. The van der Waals surface area contributed by atoms with Gasteiger partial charge in [-0.15, -0.1) is 0 Å². The Morgan fingerprint density at radius 1 is 1.17 bits per heavy atom. The molecule has 42 heavy (non-hydrogen) atoms. The summed E-state index contributed by atoms with van der Waals surface area (Å²) in [5.74, 6) is -2.11. The molecule has 0 spiro atoms. The molecule has 1 aliphatic rings. The van der Waals surface area contributed by atoms with Crippen LogP contribution < -0.4 is 25.2 Å². The molecule has 220 valence electrons. The van der Waals surface area contributed by atoms with Crippen molar-refractivity contribution in [2.75, 3.05) is 42.5 Å². The van der Waals surface area contributed by atoms with E-state index in [-0.39, 0.29) is 30.0 Å². The van der Waals surface area contributed by atoms with Gasteiger partial charge in [0.05, 0.1) is 49.2 Å². The van der Waals surface area contributed by atoms with E-state index in [1.54, 1.807) is 26.1 Å². The highest BCUT2D eigenvalue weighted by Gasteiger charge is 2.38. The number of fused-ring (bicyclic) bond motifs is 2. The van der Waals surface area contributed by atoms with Gasteiger partial charge in [0, 0.05) is 16.3 Å². The molecule has 4 rings (SSSR count). The van der Waals surface area contributed by atoms with Gasteiger partial charge in [0.1, 0.15) is 17.5 Å². The molecule has 0 fully saturated rings. The molecule has 0 saturated carbocycles. The Morgan fingerprint density at radius 3 is 2.55 bits per heavy atom. The Hall–Kier alpha value is -3.99. The number of methoxy groups -OCH3 is 1. The molecule has 2 atom stereocenters. The fourth-order valence-corrected chi connectivity index (χ4v) is 5.92. The van der Waals surface area contributed by atoms with Crippen molar-refractivity contribution >= 4 is 65.6 Å². The van der Waals surface area contributed by atoms with Gasteiger partial charge < -0.3 is 25.2 Å². The molecule has 0 bridgehead atoms. The first-order valence-corrected chi connectivity index (χ1v) is 15.8. The zero-order chi connectivity index (χ0) is 30.8. The van der Waals surface area contributed by atoms with Gasteiger partial charge in [-0.2, -0.15) is 5.26 Å². The number of anilines is 2. The number of rotatable bonds is 8. The Labute approximate surface area is 252 Å². The average molecular weight is 657 g/mol. The van der Waals surface area contributed by atoms with E-state index < -0.39 is 45.4 Å². The minimum absolute atomic E-state index is 0.0171. The number of halogens is 1. The van der Waals surface area contributed by atoms with Crippen molar-refractivity contribution in [2.24, 2.45) is 0 Å². The van der Waals surface area contributed by atoms with E-state index in [0.717, 1.165) is 26.4 Å². The van der Waals surface area contributed by atoms with Crippen molar-refractivity contribution < 1.29 is 27.5 Å². The van der Waals surface area contributed by atoms with Gasteiger partial charge in [-0.25, -0.2) is 8.42 Å². The summed E-state index contributed by atoms with van der Waals surface area (Å²) in [6, 6.07) is 14.0. The zero-order valence-electron chi connectivity index (χ0n) is 23.5. The Kier molecular flexibility index (Phi) is 9.20. The SMILES string of the molecule is CNC(C)C(=O)NC1CN(C(=O)CS(C)(=O)=O)c2cc(C#N)ccc2N(Cc2c(OC)ccc3c(Br)cccc23)C1=O. The van der Waals surface area contributed by atoms with Crippen LogP contribution in [0, 0.1) is 11.3 Å². The average Bonchev–Trinajstić information content (AvgIpc) is 3.06. The minimum Gasteiger partial charge on any atom is -0.496 e. The van der Waals surface area contributed by atoms with Crippen molar-refractivity contribution in [2.45, 2.75) is 25.6 Å². The first-order chi connectivity index (χ1) is 19.9. The predicted molar refractivity (Wildman–Crippen MR) is 163 cm³/mol. The minimum atomic E-state index is -3.75. The number of nitriles is 1. The summed E-state index contributed by atoms with van der Waals surface area (Å²) < 4.78 is 30.7. The van der Waals surface area contributed by atoms with Gasteiger partial charge >= 0.3 is 0 Å². The van der Waals surface area contributed by atoms with E-state index in [0.29, 0.717) is 11.3 Å². The van der Waals surface area contributed by atoms with Crippen LogP contribution in [0.15, 0.2) is 53.0 Å². The van der Waals surface area contributed by atoms with E-state index in [2.05, 4.69) is 26.6 Å². The fourth-order valence-electron chi connectivity index (χ4n) is 4.81. The molecule has 3 amide bonds. The second-order valence-electron chi connectivity index (χ2n) is 9.97. The Balaban J connectivity index is 1.94. The normalized spacial score (nSPS) is 15.9. The monoisotopic (exact) mass is 655 g/mol. The maximum atomic E-state index is 14.3. The Bertz CT molecular complexity index is 1720. The number of nitrogens with one attached hydrogen (secondary N) is 2. The smallest absolute Gasteiger partial charge is 0.251 e. The molecule has 0 saturated heterocycles. The van der Waals surface area contributed by atoms with Crippen LogP contribution >= 0.6 is 15.9 Å². The predicted octanol–water partition coefficient (Wildman–Crippen LogP) is 2.50. The Morgan fingerprint density at radius 2 is 1.90 bits per heavy atom. The zero-order valence-corrected chi connectivity index (χ0v) is 25.9. The van der Waals surface area contributed by atoms with Crippen LogP contribution in [0.25, 0.3) is 10.8 Å². The molecular weight excluding hydrogens is 626 g/mol. The molecule has 2 N–H and O–H groups in total. The molecule has 0 aromatic heterocycles. The van der Waals surface area contributed by atoms with Gasteiger partial charge in [0.25, 0.3) is 5.91 Å². The van der Waals surface area contributed by atoms with Crippen LogP contribution in [-0.4, -0.2) is 70.9 Å². The summed E-state index contributed by atoms with van der Waals surface area (Å²) in [5, 5.41) is 16.9. The lowest BCUT2D eigenvalue weighted by molar-refractivity contribution is -0.128. The lowest BCUT2D eigenvalue weighted by Gasteiger charge is -2.27. The number of hydrogen-bond donors (Lipinski definition) is 2. The third kappa shape index (κ3) is 6.41. The second-order valence-corrected chi connectivity index (χ2v) is 13.0. The van der Waals surface area contributed by atoms with E-state index in [9.17, 15) is 28.1 Å². The van der Waals surface area contributed by atoms with Crippen molar-refractivity contribution in [1.82, 2.24) is 10.6 Å². The highest BCUT2D eigenvalue weighted by atomic mass is 79.9. The molecule has 1 aliphatic heterocycles. The lowest BCUT2D eigenvalue weighted by atomic mass is 10.0. The molecule has 13 heteroatoms. The summed E-state index contributed by atoms with van der Waals surface area (Å²) in [6.45, 7) is 1.26. The molecule has 3 aromatic rings. The topological polar surface area (TPSA) is 149 Å². The molecule has 0 aliphatic carbocycles. The van der Waals surface area contributed by atoms with Crippen LogP contribution in [0.5, 0.6) is 5.75 Å². The van der Waals surface area contributed by atoms with Crippen LogP contribution in [0.4, 0.5) is 11.4 Å². The van der Waals surface area contributed by atoms with Crippen LogP contribution in [0.2, 0.25) is 0 Å². The van der Waals surface area contributed by atoms with E-state index >= 15 is 0 Å². The summed E-state index contributed by atoms with van der Waals surface area (Å²) in [5.41, 5.74) is 1.32. The number of ether oxygens (including phenoxy) is 1. The quantitative estimate of drug-likeness (QED) is 0.376. The first-order valence-electron chi connectivity index (χ1n) is 12.9. The van der Waals surface area contributed by atoms with Gasteiger partial charge in [-0.1, -0.05) is 28.1 Å². The molecule has 11 nitrogen and oxygen atoms in total. The number of sulfone groups is 1. The first kappa shape index (κ1) is 31.0. The standard InChI is InChI=1S/C29H30BrN5O6S/c1-17(32-2)28(37)33-23-15-34(27(36)16-42(4,39)40)25-12-18(13-31)8-10-24(25)35(29(23)38)14-21-19-6-5-7-22(30)20(19)9-11-26(21)41-3/h5-12,17,23,32H,14-16H2,1-4H3,(H,33,37). The largest absolute Gasteiger partial charge is 0.496 e. The van der Waals surface area contributed by atoms with Crippen molar-refractivity contribution in [1.29, 1.82) is 5.26 Å². The summed E-state index contributed by atoms with van der Waals surface area (Å²) in [7, 11) is -0.630. The highest BCUT2D eigenvalue weighted by Crippen LogP contribution is 2.39. The number of likely N-dealkylation sites (N-methyl/N-ethyl adjacent to an activating group) is 1. The van der Waals surface area contributed by atoms with E-state index in [1.165, 1.54) is 24.1 Å². The lowest BCUT2D eigenvalue weighted by Crippen LogP contribution is -2.56. The number of carbonyl (C=O) groups is 3. The molecule has 2 unspecified atom stereocenters. The van der Waals surface area contributed by atoms with Gasteiger partial charge in [-0.3, -0.25) is 14.4 Å².